The first-order chi connectivity index (χ1) is 17.2. The van der Waals surface area contributed by atoms with Crippen molar-refractivity contribution in [2.75, 3.05) is 11.9 Å². The maximum absolute atomic E-state index is 13.0. The molecule has 3 aromatic carbocycles. The molecule has 0 spiro atoms. The molecule has 2 aromatic heterocycles. The maximum atomic E-state index is 13.0. The van der Waals surface area contributed by atoms with E-state index in [1.54, 1.807) is 0 Å². The van der Waals surface area contributed by atoms with Crippen LogP contribution < -0.4 is 5.32 Å². The molecular formula is C28H21N3O3S. The van der Waals surface area contributed by atoms with Crippen LogP contribution in [0.1, 0.15) is 28.0 Å². The van der Waals surface area contributed by atoms with Gasteiger partial charge in [-0.1, -0.05) is 54.6 Å². The van der Waals surface area contributed by atoms with Crippen LogP contribution in [0.3, 0.4) is 0 Å². The fraction of sp³-hybridized carbons (Fsp3) is 0.143. The number of nitrogens with one attached hydrogen (secondary N) is 1. The van der Waals surface area contributed by atoms with Crippen molar-refractivity contribution in [1.82, 2.24) is 9.97 Å². The number of pyridine rings is 1. The molecule has 5 aromatic rings. The second kappa shape index (κ2) is 8.92. The Morgan fingerprint density at radius 3 is 2.69 bits per heavy atom. The molecule has 6 nitrogen and oxygen atoms in total. The number of aromatic nitrogens is 2. The summed E-state index contributed by atoms with van der Waals surface area (Å²) in [6.45, 7) is -0.380. The number of aryl methyl sites for hydroxylation is 1. The van der Waals surface area contributed by atoms with Crippen LogP contribution in [-0.4, -0.2) is 28.5 Å². The number of para-hydroxylation sites is 1. The first-order valence-electron chi connectivity index (χ1n) is 11.5. The van der Waals surface area contributed by atoms with E-state index in [1.165, 1.54) is 11.3 Å². The van der Waals surface area contributed by atoms with Gasteiger partial charge in [0, 0.05) is 22.0 Å². The summed E-state index contributed by atoms with van der Waals surface area (Å²) in [5.41, 5.74) is 4.95. The van der Waals surface area contributed by atoms with Gasteiger partial charge in [0.15, 0.2) is 11.7 Å². The van der Waals surface area contributed by atoms with Crippen molar-refractivity contribution in [3.63, 3.8) is 0 Å². The van der Waals surface area contributed by atoms with Gasteiger partial charge in [-0.3, -0.25) is 15.1 Å². The Bertz CT molecular complexity index is 1610. The van der Waals surface area contributed by atoms with Gasteiger partial charge in [-0.05, 0) is 47.7 Å². The Hall–Kier alpha value is -4.10. The van der Waals surface area contributed by atoms with E-state index in [2.05, 4.69) is 34.6 Å². The van der Waals surface area contributed by atoms with Crippen molar-refractivity contribution in [1.29, 1.82) is 0 Å². The van der Waals surface area contributed by atoms with Crippen LogP contribution in [0.4, 0.5) is 5.13 Å². The van der Waals surface area contributed by atoms with Crippen molar-refractivity contribution >= 4 is 50.0 Å². The predicted molar refractivity (Wildman–Crippen MR) is 138 cm³/mol. The van der Waals surface area contributed by atoms with Gasteiger partial charge < -0.3 is 4.74 Å². The second-order valence-electron chi connectivity index (χ2n) is 8.51. The standard InChI is InChI=1S/C28H21N3O3S/c32-25(31-28-30-24(16-35-28)19-13-12-17-6-1-2-7-18(17)14-19)15-34-27(33)26-20-8-3-4-10-22(20)29-23-11-5-9-21(23)26/h1-4,6-8,10,12-14,16H,5,9,11,15H2,(H,30,31,32). The number of esters is 1. The van der Waals surface area contributed by atoms with Crippen LogP contribution in [0.5, 0.6) is 0 Å². The number of nitrogens with zero attached hydrogens (tertiary/aromatic N) is 2. The molecule has 172 valence electrons. The molecule has 0 atom stereocenters. The molecule has 0 fully saturated rings. The summed E-state index contributed by atoms with van der Waals surface area (Å²) in [6.07, 6.45) is 2.61. The lowest BCUT2D eigenvalue weighted by Crippen LogP contribution is -2.21. The van der Waals surface area contributed by atoms with Crippen molar-refractivity contribution in [3.8, 4) is 11.3 Å². The van der Waals surface area contributed by atoms with Gasteiger partial charge >= 0.3 is 5.97 Å². The number of anilines is 1. The predicted octanol–water partition coefficient (Wildman–Crippen LogP) is 5.80. The summed E-state index contributed by atoms with van der Waals surface area (Å²) in [5, 5.41) is 8.16. The third-order valence-electron chi connectivity index (χ3n) is 6.25. The van der Waals surface area contributed by atoms with E-state index in [-0.39, 0.29) is 6.61 Å². The third-order valence-corrected chi connectivity index (χ3v) is 7.01. The van der Waals surface area contributed by atoms with Crippen LogP contribution in [0.25, 0.3) is 32.9 Å². The van der Waals surface area contributed by atoms with E-state index in [0.717, 1.165) is 63.5 Å². The largest absolute Gasteiger partial charge is 0.452 e. The topological polar surface area (TPSA) is 81.2 Å². The molecule has 1 aliphatic rings. The highest BCUT2D eigenvalue weighted by Gasteiger charge is 2.25. The lowest BCUT2D eigenvalue weighted by atomic mass is 10.0. The molecule has 0 radical (unpaired) electrons. The molecule has 2 heterocycles. The molecule has 0 unspecified atom stereocenters. The number of benzene rings is 3. The molecule has 7 heteroatoms. The normalized spacial score (nSPS) is 12.6. The van der Waals surface area contributed by atoms with Crippen molar-refractivity contribution in [2.24, 2.45) is 0 Å². The monoisotopic (exact) mass is 479 g/mol. The molecule has 1 amide bonds. The SMILES string of the molecule is O=C(COC(=O)c1c2c(nc3ccccc13)CCC2)Nc1nc(-c2ccc3ccccc3c2)cs1. The minimum atomic E-state index is -0.493. The minimum absolute atomic E-state index is 0.380. The number of ether oxygens (including phenoxy) is 1. The van der Waals surface area contributed by atoms with Crippen LogP contribution in [0.15, 0.2) is 72.1 Å². The molecule has 0 aliphatic heterocycles. The van der Waals surface area contributed by atoms with Crippen molar-refractivity contribution in [3.05, 3.63) is 88.9 Å². The summed E-state index contributed by atoms with van der Waals surface area (Å²) in [7, 11) is 0. The number of thiazole rings is 1. The Morgan fingerprint density at radius 2 is 1.77 bits per heavy atom. The highest BCUT2D eigenvalue weighted by molar-refractivity contribution is 7.14. The molecule has 35 heavy (non-hydrogen) atoms. The number of hydrogen-bond acceptors (Lipinski definition) is 6. The van der Waals surface area contributed by atoms with Crippen LogP contribution in [-0.2, 0) is 22.4 Å². The number of amides is 1. The zero-order valence-electron chi connectivity index (χ0n) is 18.8. The minimum Gasteiger partial charge on any atom is -0.452 e. The van der Waals surface area contributed by atoms with Gasteiger partial charge in [0.1, 0.15) is 0 Å². The number of carbonyl (C=O) groups is 2. The Balaban J connectivity index is 1.15. The van der Waals surface area contributed by atoms with Crippen molar-refractivity contribution in [2.45, 2.75) is 19.3 Å². The van der Waals surface area contributed by atoms with E-state index < -0.39 is 11.9 Å². The van der Waals surface area contributed by atoms with Gasteiger partial charge in [-0.25, -0.2) is 9.78 Å². The van der Waals surface area contributed by atoms with E-state index in [4.69, 9.17) is 9.72 Å². The Morgan fingerprint density at radius 1 is 0.943 bits per heavy atom. The average Bonchev–Trinajstić information content (AvgIpc) is 3.55. The number of carbonyl (C=O) groups excluding carboxylic acids is 2. The molecule has 0 saturated carbocycles. The summed E-state index contributed by atoms with van der Waals surface area (Å²) >= 11 is 1.34. The zero-order chi connectivity index (χ0) is 23.8. The summed E-state index contributed by atoms with van der Waals surface area (Å²) in [6, 6.07) is 21.8. The molecule has 0 saturated heterocycles. The number of fused-ring (bicyclic) bond motifs is 3. The van der Waals surface area contributed by atoms with E-state index >= 15 is 0 Å². The first-order valence-corrected chi connectivity index (χ1v) is 12.4. The van der Waals surface area contributed by atoms with Crippen LogP contribution in [0, 0.1) is 0 Å². The number of rotatable bonds is 5. The van der Waals surface area contributed by atoms with Gasteiger partial charge in [0.2, 0.25) is 0 Å². The molecule has 1 N–H and O–H groups in total. The Kier molecular flexibility index (Phi) is 5.47. The fourth-order valence-corrected chi connectivity index (χ4v) is 5.35. The molecular weight excluding hydrogens is 458 g/mol. The highest BCUT2D eigenvalue weighted by Crippen LogP contribution is 2.31. The summed E-state index contributed by atoms with van der Waals surface area (Å²) in [4.78, 5) is 34.8. The van der Waals surface area contributed by atoms with E-state index in [0.29, 0.717) is 10.7 Å². The second-order valence-corrected chi connectivity index (χ2v) is 9.36. The van der Waals surface area contributed by atoms with Crippen LogP contribution >= 0.6 is 11.3 Å². The van der Waals surface area contributed by atoms with Gasteiger partial charge in [-0.2, -0.15) is 0 Å². The smallest absolute Gasteiger partial charge is 0.339 e. The third kappa shape index (κ3) is 4.15. The zero-order valence-corrected chi connectivity index (χ0v) is 19.6. The average molecular weight is 480 g/mol. The van der Waals surface area contributed by atoms with E-state index in [1.807, 2.05) is 47.8 Å². The first kappa shape index (κ1) is 21.4. The van der Waals surface area contributed by atoms with Crippen molar-refractivity contribution < 1.29 is 14.3 Å². The summed E-state index contributed by atoms with van der Waals surface area (Å²) in [5.74, 6) is -0.916. The molecule has 0 bridgehead atoms. The Labute approximate surface area is 205 Å². The van der Waals surface area contributed by atoms with Gasteiger partial charge in [0.25, 0.3) is 5.91 Å². The molecule has 1 aliphatic carbocycles. The fourth-order valence-electron chi connectivity index (χ4n) is 4.62. The lowest BCUT2D eigenvalue weighted by molar-refractivity contribution is -0.119. The lowest BCUT2D eigenvalue weighted by Gasteiger charge is -2.12. The van der Waals surface area contributed by atoms with Gasteiger partial charge in [0.05, 0.1) is 16.8 Å². The molecule has 6 rings (SSSR count). The van der Waals surface area contributed by atoms with E-state index in [9.17, 15) is 9.59 Å². The summed E-state index contributed by atoms with van der Waals surface area (Å²) < 4.78 is 5.43. The maximum Gasteiger partial charge on any atom is 0.339 e. The highest BCUT2D eigenvalue weighted by atomic mass is 32.1. The quantitative estimate of drug-likeness (QED) is 0.323. The number of hydrogen-bond donors (Lipinski definition) is 1. The van der Waals surface area contributed by atoms with Crippen LogP contribution in [0.2, 0.25) is 0 Å². The van der Waals surface area contributed by atoms with Gasteiger partial charge in [-0.15, -0.1) is 11.3 Å².